The highest BCUT2D eigenvalue weighted by Crippen LogP contribution is 2.49. The molecule has 0 spiro atoms. The molecule has 0 bridgehead atoms. The van der Waals surface area contributed by atoms with Crippen molar-refractivity contribution in [1.29, 1.82) is 0 Å². The van der Waals surface area contributed by atoms with Crippen LogP contribution in [0.15, 0.2) is 24.3 Å². The second-order valence-corrected chi connectivity index (χ2v) is 5.96. The Hall–Kier alpha value is -4.24. The lowest BCUT2D eigenvalue weighted by Gasteiger charge is -2.25. The number of aromatic hydroxyl groups is 2. The zero-order valence-corrected chi connectivity index (χ0v) is 15.7. The Balaban J connectivity index is 2.88. The Labute approximate surface area is 172 Å². The van der Waals surface area contributed by atoms with Crippen molar-refractivity contribution >= 4 is 34.1 Å². The molecule has 0 heterocycles. The summed E-state index contributed by atoms with van der Waals surface area (Å²) < 4.78 is 0. The number of rotatable bonds is 10. The van der Waals surface area contributed by atoms with Gasteiger partial charge in [0.15, 0.2) is 5.69 Å². The monoisotopic (exact) mass is 439 g/mol. The lowest BCUT2D eigenvalue weighted by molar-refractivity contribution is -0.394. The third-order valence-corrected chi connectivity index (χ3v) is 4.09. The van der Waals surface area contributed by atoms with E-state index in [1.807, 2.05) is 0 Å². The minimum absolute atomic E-state index is 0.0986. The van der Waals surface area contributed by atoms with Crippen LogP contribution in [-0.2, 0) is 0 Å². The molecule has 0 radical (unpaired) electrons. The molecule has 31 heavy (non-hydrogen) atoms. The van der Waals surface area contributed by atoms with Gasteiger partial charge in [-0.05, 0) is 12.1 Å². The normalized spacial score (nSPS) is 10.5. The van der Waals surface area contributed by atoms with Crippen LogP contribution in [0.1, 0.15) is 0 Å². The standard InChI is InChI=1S/C16H17N5O10/c22-5-3-17-10-1-2-13(24)15(14(10)21(30)31)18(4-6-23)11-7-9(19(26)27)8-12(16(11)25)20(28)29/h1-2,7-8,17,22-25H,3-6H2. The largest absolute Gasteiger partial charge is 0.505 e. The molecule has 15 heteroatoms. The van der Waals surface area contributed by atoms with Crippen molar-refractivity contribution in [3.8, 4) is 11.5 Å². The average Bonchev–Trinajstić information content (AvgIpc) is 2.71. The summed E-state index contributed by atoms with van der Waals surface area (Å²) in [7, 11) is 0. The average molecular weight is 439 g/mol. The highest BCUT2D eigenvalue weighted by molar-refractivity contribution is 5.88. The molecule has 166 valence electrons. The lowest BCUT2D eigenvalue weighted by atomic mass is 10.1. The molecule has 0 saturated carbocycles. The number of anilines is 3. The van der Waals surface area contributed by atoms with Crippen molar-refractivity contribution in [2.75, 3.05) is 36.5 Å². The third kappa shape index (κ3) is 4.68. The molecule has 2 aromatic carbocycles. The first-order chi connectivity index (χ1) is 14.6. The molecule has 0 aromatic heterocycles. The minimum Gasteiger partial charge on any atom is -0.505 e. The van der Waals surface area contributed by atoms with Gasteiger partial charge < -0.3 is 30.6 Å². The van der Waals surface area contributed by atoms with Gasteiger partial charge in [-0.1, -0.05) is 0 Å². The second-order valence-electron chi connectivity index (χ2n) is 5.96. The summed E-state index contributed by atoms with van der Waals surface area (Å²) in [6, 6.07) is 3.40. The maximum absolute atomic E-state index is 11.8. The van der Waals surface area contributed by atoms with Crippen molar-refractivity contribution < 1.29 is 35.2 Å². The van der Waals surface area contributed by atoms with Gasteiger partial charge in [0.05, 0.1) is 39.7 Å². The molecule has 15 nitrogen and oxygen atoms in total. The van der Waals surface area contributed by atoms with E-state index >= 15 is 0 Å². The number of nitrogens with zero attached hydrogens (tertiary/aromatic N) is 4. The first-order valence-electron chi connectivity index (χ1n) is 8.53. The van der Waals surface area contributed by atoms with Crippen molar-refractivity contribution in [2.24, 2.45) is 0 Å². The number of phenolic OH excluding ortho intramolecular Hbond substituents is 2. The summed E-state index contributed by atoms with van der Waals surface area (Å²) in [6.07, 6.45) is 0. The molecule has 0 aliphatic carbocycles. The predicted molar refractivity (Wildman–Crippen MR) is 106 cm³/mol. The van der Waals surface area contributed by atoms with Gasteiger partial charge in [0.2, 0.25) is 5.75 Å². The van der Waals surface area contributed by atoms with E-state index in [4.69, 9.17) is 5.11 Å². The summed E-state index contributed by atoms with van der Waals surface area (Å²) in [6.45, 7) is -1.73. The Bertz CT molecular complexity index is 1030. The Kier molecular flexibility index (Phi) is 7.07. The summed E-state index contributed by atoms with van der Waals surface area (Å²) in [5.74, 6) is -1.77. The molecule has 0 unspecified atom stereocenters. The molecule has 0 atom stereocenters. The van der Waals surface area contributed by atoms with Crippen molar-refractivity contribution in [3.05, 3.63) is 54.6 Å². The molecule has 5 N–H and O–H groups in total. The van der Waals surface area contributed by atoms with Gasteiger partial charge in [0, 0.05) is 19.2 Å². The van der Waals surface area contributed by atoms with Gasteiger partial charge in [0.1, 0.15) is 11.4 Å². The van der Waals surface area contributed by atoms with Crippen molar-refractivity contribution in [3.63, 3.8) is 0 Å². The number of nitrogens with one attached hydrogen (secondary N) is 1. The van der Waals surface area contributed by atoms with Gasteiger partial charge >= 0.3 is 11.4 Å². The van der Waals surface area contributed by atoms with Gasteiger partial charge in [0.25, 0.3) is 5.69 Å². The molecule has 2 rings (SSSR count). The topological polar surface area (TPSA) is 226 Å². The Morgan fingerprint density at radius 1 is 0.935 bits per heavy atom. The molecule has 0 amide bonds. The van der Waals surface area contributed by atoms with Crippen LogP contribution in [0.4, 0.5) is 34.1 Å². The molecule has 2 aromatic rings. The molecule has 0 saturated heterocycles. The van der Waals surface area contributed by atoms with E-state index < -0.39 is 67.9 Å². The van der Waals surface area contributed by atoms with Crippen LogP contribution in [-0.4, -0.2) is 61.5 Å². The number of aliphatic hydroxyl groups is 2. The maximum Gasteiger partial charge on any atom is 0.319 e. The van der Waals surface area contributed by atoms with Gasteiger partial charge in [-0.3, -0.25) is 30.3 Å². The van der Waals surface area contributed by atoms with E-state index in [0.717, 1.165) is 23.1 Å². The Morgan fingerprint density at radius 3 is 2.13 bits per heavy atom. The van der Waals surface area contributed by atoms with Crippen LogP contribution in [0.5, 0.6) is 11.5 Å². The molecule has 0 fully saturated rings. The number of aliphatic hydroxyl groups excluding tert-OH is 2. The smallest absolute Gasteiger partial charge is 0.319 e. The molecule has 0 aliphatic heterocycles. The van der Waals surface area contributed by atoms with E-state index in [1.165, 1.54) is 0 Å². The fourth-order valence-electron chi connectivity index (χ4n) is 2.85. The van der Waals surface area contributed by atoms with E-state index in [-0.39, 0.29) is 18.8 Å². The number of nitro groups is 3. The van der Waals surface area contributed by atoms with Crippen LogP contribution in [0.2, 0.25) is 0 Å². The predicted octanol–water partition coefficient (Wildman–Crippen LogP) is 1.36. The summed E-state index contributed by atoms with van der Waals surface area (Å²) in [5.41, 5.74) is -3.98. The van der Waals surface area contributed by atoms with Crippen molar-refractivity contribution in [1.82, 2.24) is 0 Å². The molecular formula is C16H17N5O10. The number of benzene rings is 2. The first kappa shape index (κ1) is 23.0. The SMILES string of the molecule is O=[N+]([O-])c1cc(N(CCO)c2c(O)ccc(NCCO)c2[N+](=O)[O-])c(O)c([N+](=O)[O-])c1. The van der Waals surface area contributed by atoms with E-state index in [9.17, 15) is 45.7 Å². The quantitative estimate of drug-likeness (QED) is 0.201. The highest BCUT2D eigenvalue weighted by atomic mass is 16.6. The number of nitro benzene ring substituents is 3. The highest BCUT2D eigenvalue weighted by Gasteiger charge is 2.33. The number of hydrogen-bond donors (Lipinski definition) is 5. The number of non-ortho nitro benzene ring substituents is 1. The van der Waals surface area contributed by atoms with E-state index in [1.54, 1.807) is 0 Å². The maximum atomic E-state index is 11.8. The van der Waals surface area contributed by atoms with Gasteiger partial charge in [-0.25, -0.2) is 0 Å². The van der Waals surface area contributed by atoms with E-state index in [0.29, 0.717) is 6.07 Å². The fraction of sp³-hybridized carbons (Fsp3) is 0.250. The summed E-state index contributed by atoms with van der Waals surface area (Å²) >= 11 is 0. The first-order valence-corrected chi connectivity index (χ1v) is 8.53. The zero-order valence-electron chi connectivity index (χ0n) is 15.7. The van der Waals surface area contributed by atoms with Crippen LogP contribution >= 0.6 is 0 Å². The fourth-order valence-corrected chi connectivity index (χ4v) is 2.85. The molecular weight excluding hydrogens is 422 g/mol. The summed E-state index contributed by atoms with van der Waals surface area (Å²) in [5, 5.41) is 75.9. The molecule has 0 aliphatic rings. The Morgan fingerprint density at radius 2 is 1.61 bits per heavy atom. The number of hydrogen-bond acceptors (Lipinski definition) is 12. The van der Waals surface area contributed by atoms with Crippen LogP contribution in [0.3, 0.4) is 0 Å². The van der Waals surface area contributed by atoms with Gasteiger partial charge in [-0.2, -0.15) is 0 Å². The van der Waals surface area contributed by atoms with Gasteiger partial charge in [-0.15, -0.1) is 0 Å². The third-order valence-electron chi connectivity index (χ3n) is 4.09. The van der Waals surface area contributed by atoms with Crippen LogP contribution in [0, 0.1) is 30.3 Å². The van der Waals surface area contributed by atoms with Crippen LogP contribution < -0.4 is 10.2 Å². The lowest BCUT2D eigenvalue weighted by Crippen LogP contribution is -2.23. The number of phenols is 2. The zero-order chi connectivity index (χ0) is 23.3. The summed E-state index contributed by atoms with van der Waals surface area (Å²) in [4.78, 5) is 32.0. The second kappa shape index (κ2) is 9.51. The minimum atomic E-state index is -1.09. The van der Waals surface area contributed by atoms with E-state index in [2.05, 4.69) is 5.32 Å². The van der Waals surface area contributed by atoms with Crippen molar-refractivity contribution in [2.45, 2.75) is 0 Å². The van der Waals surface area contributed by atoms with Crippen LogP contribution in [0.25, 0.3) is 0 Å².